The molecule has 0 saturated carbocycles. The Balaban J connectivity index is 1.65. The fraction of sp³-hybridized carbons (Fsp3) is 0.407. The van der Waals surface area contributed by atoms with Crippen molar-refractivity contribution in [2.45, 2.75) is 38.5 Å². The molecule has 0 unspecified atom stereocenters. The monoisotopic (exact) mass is 477 g/mol. The standard InChI is InChI=1S/C27H31N3O5/c1-16(2)35-22-10-9-17(13-23(22)34-4)26-25-19(18-7-5-6-8-20(18)28-25)14-21-27(32)29(11-12-33-3)15-24(31)30(21)26/h5-10,13,16,21,26,28H,11-12,14-15H2,1-4H3/t21-,26-/m0/s1. The Labute approximate surface area is 204 Å². The van der Waals surface area contributed by atoms with E-state index in [0.29, 0.717) is 31.1 Å². The van der Waals surface area contributed by atoms with Gasteiger partial charge in [0.2, 0.25) is 11.8 Å². The zero-order chi connectivity index (χ0) is 24.7. The van der Waals surface area contributed by atoms with Crippen LogP contribution in [0, 0.1) is 0 Å². The SMILES string of the molecule is COCCN1CC(=O)N2[C@@H](c3ccc(OC(C)C)c(OC)c3)c3[nH]c4ccccc4c3C[C@H]2C1=O. The maximum atomic E-state index is 13.6. The van der Waals surface area contributed by atoms with Gasteiger partial charge in [-0.05, 0) is 43.2 Å². The quantitative estimate of drug-likeness (QED) is 0.565. The Morgan fingerprint density at radius 3 is 2.63 bits per heavy atom. The highest BCUT2D eigenvalue weighted by atomic mass is 16.5. The number of fused-ring (bicyclic) bond motifs is 4. The van der Waals surface area contributed by atoms with Gasteiger partial charge in [-0.2, -0.15) is 0 Å². The summed E-state index contributed by atoms with van der Waals surface area (Å²) in [5, 5.41) is 1.08. The largest absolute Gasteiger partial charge is 0.493 e. The second kappa shape index (κ2) is 9.26. The minimum atomic E-state index is -0.581. The van der Waals surface area contributed by atoms with Gasteiger partial charge in [-0.3, -0.25) is 9.59 Å². The molecule has 0 radical (unpaired) electrons. The van der Waals surface area contributed by atoms with Crippen LogP contribution >= 0.6 is 0 Å². The van der Waals surface area contributed by atoms with Crippen LogP contribution < -0.4 is 9.47 Å². The number of carbonyl (C=O) groups excluding carboxylic acids is 2. The zero-order valence-corrected chi connectivity index (χ0v) is 20.5. The average molecular weight is 478 g/mol. The van der Waals surface area contributed by atoms with Gasteiger partial charge in [0.15, 0.2) is 11.5 Å². The molecule has 1 saturated heterocycles. The summed E-state index contributed by atoms with van der Waals surface area (Å²) >= 11 is 0. The number of para-hydroxylation sites is 1. The van der Waals surface area contributed by atoms with Gasteiger partial charge in [0, 0.05) is 36.7 Å². The number of rotatable bonds is 7. The number of aromatic amines is 1. The number of aromatic nitrogens is 1. The minimum Gasteiger partial charge on any atom is -0.493 e. The first kappa shape index (κ1) is 23.2. The van der Waals surface area contributed by atoms with Crippen LogP contribution in [0.25, 0.3) is 10.9 Å². The fourth-order valence-corrected chi connectivity index (χ4v) is 5.27. The van der Waals surface area contributed by atoms with Crippen molar-refractivity contribution in [3.63, 3.8) is 0 Å². The maximum absolute atomic E-state index is 13.6. The van der Waals surface area contributed by atoms with E-state index in [2.05, 4.69) is 11.1 Å². The summed E-state index contributed by atoms with van der Waals surface area (Å²) in [7, 11) is 3.20. The van der Waals surface area contributed by atoms with Gasteiger partial charge in [-0.15, -0.1) is 0 Å². The number of hydrogen-bond acceptors (Lipinski definition) is 5. The van der Waals surface area contributed by atoms with E-state index in [1.54, 1.807) is 24.0 Å². The molecule has 0 spiro atoms. The van der Waals surface area contributed by atoms with Crippen molar-refractivity contribution in [2.24, 2.45) is 0 Å². The molecule has 8 heteroatoms. The topological polar surface area (TPSA) is 84.1 Å². The lowest BCUT2D eigenvalue weighted by atomic mass is 9.86. The van der Waals surface area contributed by atoms with E-state index in [1.807, 2.05) is 50.2 Å². The van der Waals surface area contributed by atoms with Crippen molar-refractivity contribution in [2.75, 3.05) is 33.9 Å². The van der Waals surface area contributed by atoms with E-state index in [-0.39, 0.29) is 24.5 Å². The zero-order valence-electron chi connectivity index (χ0n) is 20.5. The summed E-state index contributed by atoms with van der Waals surface area (Å²) in [5.74, 6) is 1.10. The van der Waals surface area contributed by atoms with Gasteiger partial charge in [-0.1, -0.05) is 24.3 Å². The van der Waals surface area contributed by atoms with Crippen molar-refractivity contribution in [3.05, 3.63) is 59.3 Å². The molecule has 1 aromatic heterocycles. The molecular formula is C27H31N3O5. The molecule has 2 atom stereocenters. The van der Waals surface area contributed by atoms with E-state index in [1.165, 1.54) is 0 Å². The van der Waals surface area contributed by atoms with Crippen LogP contribution in [0.3, 0.4) is 0 Å². The van der Waals surface area contributed by atoms with E-state index < -0.39 is 12.1 Å². The molecule has 35 heavy (non-hydrogen) atoms. The van der Waals surface area contributed by atoms with Crippen LogP contribution in [-0.2, 0) is 20.7 Å². The number of piperazine rings is 1. The van der Waals surface area contributed by atoms with Gasteiger partial charge in [0.25, 0.3) is 0 Å². The highest BCUT2D eigenvalue weighted by molar-refractivity contribution is 5.97. The molecule has 2 amide bonds. The van der Waals surface area contributed by atoms with Crippen LogP contribution in [0.15, 0.2) is 42.5 Å². The molecule has 0 bridgehead atoms. The third-order valence-electron chi connectivity index (χ3n) is 6.77. The van der Waals surface area contributed by atoms with Gasteiger partial charge >= 0.3 is 0 Å². The highest BCUT2D eigenvalue weighted by Crippen LogP contribution is 2.44. The average Bonchev–Trinajstić information content (AvgIpc) is 3.22. The smallest absolute Gasteiger partial charge is 0.246 e. The predicted octanol–water partition coefficient (Wildman–Crippen LogP) is 3.30. The summed E-state index contributed by atoms with van der Waals surface area (Å²) in [6.45, 7) is 4.75. The molecule has 2 aliphatic heterocycles. The van der Waals surface area contributed by atoms with Crippen LogP contribution in [0.5, 0.6) is 11.5 Å². The van der Waals surface area contributed by atoms with Crippen molar-refractivity contribution < 1.29 is 23.8 Å². The number of methoxy groups -OCH3 is 2. The van der Waals surface area contributed by atoms with Crippen molar-refractivity contribution >= 4 is 22.7 Å². The van der Waals surface area contributed by atoms with Crippen molar-refractivity contribution in [3.8, 4) is 11.5 Å². The number of nitrogens with zero attached hydrogens (tertiary/aromatic N) is 2. The van der Waals surface area contributed by atoms with Gasteiger partial charge in [0.1, 0.15) is 6.04 Å². The number of ether oxygens (including phenoxy) is 3. The third kappa shape index (κ3) is 4.01. The van der Waals surface area contributed by atoms with E-state index in [4.69, 9.17) is 14.2 Å². The summed E-state index contributed by atoms with van der Waals surface area (Å²) < 4.78 is 16.7. The summed E-state index contributed by atoms with van der Waals surface area (Å²) in [6, 6.07) is 12.8. The Morgan fingerprint density at radius 1 is 1.09 bits per heavy atom. The van der Waals surface area contributed by atoms with Crippen molar-refractivity contribution in [1.82, 2.24) is 14.8 Å². The van der Waals surface area contributed by atoms with E-state index in [0.717, 1.165) is 27.7 Å². The first-order valence-electron chi connectivity index (χ1n) is 12.0. The first-order chi connectivity index (χ1) is 16.9. The Hall–Kier alpha value is -3.52. The molecule has 1 fully saturated rings. The normalized spacial score (nSPS) is 19.8. The molecule has 3 aromatic rings. The molecule has 2 aliphatic rings. The predicted molar refractivity (Wildman–Crippen MR) is 132 cm³/mol. The number of hydrogen-bond donors (Lipinski definition) is 1. The highest BCUT2D eigenvalue weighted by Gasteiger charge is 2.48. The molecular weight excluding hydrogens is 446 g/mol. The Bertz CT molecular complexity index is 1270. The van der Waals surface area contributed by atoms with Crippen LogP contribution in [0.4, 0.5) is 0 Å². The third-order valence-corrected chi connectivity index (χ3v) is 6.77. The molecule has 2 aromatic carbocycles. The number of carbonyl (C=O) groups is 2. The second-order valence-electron chi connectivity index (χ2n) is 9.32. The van der Waals surface area contributed by atoms with Gasteiger partial charge < -0.3 is 29.0 Å². The number of H-pyrrole nitrogens is 1. The number of nitrogens with one attached hydrogen (secondary N) is 1. The van der Waals surface area contributed by atoms with Gasteiger partial charge in [-0.25, -0.2) is 0 Å². The maximum Gasteiger partial charge on any atom is 0.246 e. The Kier molecular flexibility index (Phi) is 6.15. The lowest BCUT2D eigenvalue weighted by Gasteiger charge is -2.47. The lowest BCUT2D eigenvalue weighted by molar-refractivity contribution is -0.159. The molecule has 8 nitrogen and oxygen atoms in total. The summed E-state index contributed by atoms with van der Waals surface area (Å²) in [4.78, 5) is 34.0. The van der Waals surface area contributed by atoms with Crippen molar-refractivity contribution in [1.29, 1.82) is 0 Å². The lowest BCUT2D eigenvalue weighted by Crippen LogP contribution is -2.63. The molecule has 1 N–H and O–H groups in total. The number of benzene rings is 2. The summed E-state index contributed by atoms with van der Waals surface area (Å²) in [6.07, 6.45) is 0.462. The van der Waals surface area contributed by atoms with E-state index >= 15 is 0 Å². The molecule has 3 heterocycles. The second-order valence-corrected chi connectivity index (χ2v) is 9.32. The minimum absolute atomic E-state index is 0.00602. The Morgan fingerprint density at radius 2 is 1.89 bits per heavy atom. The fourth-order valence-electron chi connectivity index (χ4n) is 5.27. The summed E-state index contributed by atoms with van der Waals surface area (Å²) in [5.41, 5.74) is 3.86. The van der Waals surface area contributed by atoms with Crippen LogP contribution in [0.2, 0.25) is 0 Å². The van der Waals surface area contributed by atoms with Crippen LogP contribution in [0.1, 0.15) is 36.7 Å². The number of amides is 2. The molecule has 5 rings (SSSR count). The first-order valence-corrected chi connectivity index (χ1v) is 12.0. The van der Waals surface area contributed by atoms with E-state index in [9.17, 15) is 9.59 Å². The molecule has 184 valence electrons. The van der Waals surface area contributed by atoms with Crippen LogP contribution in [-0.4, -0.2) is 72.7 Å². The molecule has 0 aliphatic carbocycles. The van der Waals surface area contributed by atoms with Gasteiger partial charge in [0.05, 0.1) is 32.4 Å².